The zero-order valence-corrected chi connectivity index (χ0v) is 11.7. The van der Waals surface area contributed by atoms with E-state index in [1.807, 2.05) is 0 Å². The Morgan fingerprint density at radius 2 is 2.19 bits per heavy atom. The van der Waals surface area contributed by atoms with Crippen LogP contribution in [0.1, 0.15) is 36.0 Å². The third-order valence-electron chi connectivity index (χ3n) is 3.80. The lowest BCUT2D eigenvalue weighted by Gasteiger charge is -2.32. The van der Waals surface area contributed by atoms with E-state index >= 15 is 0 Å². The van der Waals surface area contributed by atoms with Gasteiger partial charge in [0.2, 0.25) is 0 Å². The van der Waals surface area contributed by atoms with Crippen LogP contribution in [0.3, 0.4) is 0 Å². The fourth-order valence-corrected chi connectivity index (χ4v) is 2.69. The molecular formula is C15H19FN2O3. The number of nitrogens with two attached hydrogens (primary N) is 1. The molecule has 1 saturated heterocycles. The summed E-state index contributed by atoms with van der Waals surface area (Å²) in [6, 6.07) is 4.04. The van der Waals surface area contributed by atoms with E-state index in [0.717, 1.165) is 18.9 Å². The number of carboxylic acids is 1. The van der Waals surface area contributed by atoms with Crippen molar-refractivity contribution in [2.24, 2.45) is 5.92 Å². The summed E-state index contributed by atoms with van der Waals surface area (Å²) in [7, 11) is 0. The molecule has 21 heavy (non-hydrogen) atoms. The quantitative estimate of drug-likeness (QED) is 0.833. The summed E-state index contributed by atoms with van der Waals surface area (Å²) in [6.45, 7) is 1.06. The molecule has 1 heterocycles. The fraction of sp³-hybridized carbons (Fsp3) is 0.467. The van der Waals surface area contributed by atoms with Gasteiger partial charge in [0.25, 0.3) is 5.91 Å². The van der Waals surface area contributed by atoms with Gasteiger partial charge in [0.05, 0.1) is 5.56 Å². The molecule has 1 aliphatic rings. The number of rotatable bonds is 4. The normalized spacial score (nSPS) is 18.5. The molecule has 1 atom stereocenters. The number of piperidine rings is 1. The number of carbonyl (C=O) groups excluding carboxylic acids is 1. The monoisotopic (exact) mass is 294 g/mol. The van der Waals surface area contributed by atoms with Crippen molar-refractivity contribution in [3.05, 3.63) is 29.6 Å². The van der Waals surface area contributed by atoms with E-state index in [0.29, 0.717) is 19.5 Å². The van der Waals surface area contributed by atoms with Gasteiger partial charge in [-0.1, -0.05) is 0 Å². The van der Waals surface area contributed by atoms with Gasteiger partial charge in [0, 0.05) is 25.2 Å². The molecule has 0 aliphatic carbocycles. The number of nitrogen functional groups attached to an aromatic ring is 1. The zero-order chi connectivity index (χ0) is 15.4. The predicted molar refractivity (Wildman–Crippen MR) is 76.3 cm³/mol. The first-order chi connectivity index (χ1) is 9.97. The third-order valence-corrected chi connectivity index (χ3v) is 3.80. The van der Waals surface area contributed by atoms with Gasteiger partial charge in [-0.25, -0.2) is 4.39 Å². The number of halogens is 1. The van der Waals surface area contributed by atoms with Crippen LogP contribution in [0.25, 0.3) is 0 Å². The van der Waals surface area contributed by atoms with Crippen LogP contribution in [0, 0.1) is 11.7 Å². The van der Waals surface area contributed by atoms with E-state index in [2.05, 4.69) is 0 Å². The molecule has 6 heteroatoms. The van der Waals surface area contributed by atoms with Gasteiger partial charge in [-0.05, 0) is 43.4 Å². The molecule has 1 fully saturated rings. The maximum atomic E-state index is 13.8. The van der Waals surface area contributed by atoms with Crippen LogP contribution in [-0.2, 0) is 4.79 Å². The maximum Gasteiger partial charge on any atom is 0.303 e. The highest BCUT2D eigenvalue weighted by Gasteiger charge is 2.26. The number of carboxylic acid groups (broad SMARTS) is 1. The molecule has 5 nitrogen and oxygen atoms in total. The number of likely N-dealkylation sites (tertiary alicyclic amines) is 1. The van der Waals surface area contributed by atoms with Crippen LogP contribution in [0.2, 0.25) is 0 Å². The maximum absolute atomic E-state index is 13.8. The van der Waals surface area contributed by atoms with Crippen molar-refractivity contribution < 1.29 is 19.1 Å². The second-order valence-electron chi connectivity index (χ2n) is 5.43. The Balaban J connectivity index is 2.03. The highest BCUT2D eigenvalue weighted by molar-refractivity contribution is 5.94. The van der Waals surface area contributed by atoms with E-state index in [1.54, 1.807) is 4.90 Å². The summed E-state index contributed by atoms with van der Waals surface area (Å²) in [6.07, 6.45) is 2.36. The highest BCUT2D eigenvalue weighted by atomic mass is 19.1. The Labute approximate surface area is 122 Å². The molecule has 114 valence electrons. The van der Waals surface area contributed by atoms with Gasteiger partial charge in [0.1, 0.15) is 5.82 Å². The minimum atomic E-state index is -0.831. The number of nitrogens with zero attached hydrogens (tertiary/aromatic N) is 1. The lowest BCUT2D eigenvalue weighted by Crippen LogP contribution is -2.40. The molecular weight excluding hydrogens is 275 g/mol. The van der Waals surface area contributed by atoms with Crippen molar-refractivity contribution in [3.63, 3.8) is 0 Å². The Kier molecular flexibility index (Phi) is 4.77. The van der Waals surface area contributed by atoms with Crippen molar-refractivity contribution in [2.45, 2.75) is 25.7 Å². The summed E-state index contributed by atoms with van der Waals surface area (Å²) in [5.74, 6) is -1.64. The standard InChI is InChI=1S/C15H19FN2O3/c16-13-8-11(17)4-5-12(13)15(21)18-7-1-2-10(9-18)3-6-14(19)20/h4-5,8,10H,1-3,6-7,9,17H2,(H,19,20). The van der Waals surface area contributed by atoms with Crippen molar-refractivity contribution in [2.75, 3.05) is 18.8 Å². The summed E-state index contributed by atoms with van der Waals surface area (Å²) < 4.78 is 13.8. The van der Waals surface area contributed by atoms with E-state index < -0.39 is 11.8 Å². The van der Waals surface area contributed by atoms with Gasteiger partial charge < -0.3 is 15.7 Å². The molecule has 1 unspecified atom stereocenters. The second-order valence-corrected chi connectivity index (χ2v) is 5.43. The topological polar surface area (TPSA) is 83.6 Å². The molecule has 1 aliphatic heterocycles. The number of carbonyl (C=O) groups is 2. The van der Waals surface area contributed by atoms with Crippen molar-refractivity contribution in [3.8, 4) is 0 Å². The lowest BCUT2D eigenvalue weighted by atomic mass is 9.93. The van der Waals surface area contributed by atoms with Crippen LogP contribution < -0.4 is 5.73 Å². The van der Waals surface area contributed by atoms with Gasteiger partial charge in [-0.2, -0.15) is 0 Å². The molecule has 3 N–H and O–H groups in total. The van der Waals surface area contributed by atoms with Gasteiger partial charge in [-0.15, -0.1) is 0 Å². The fourth-order valence-electron chi connectivity index (χ4n) is 2.69. The number of anilines is 1. The van der Waals surface area contributed by atoms with Crippen LogP contribution in [0.15, 0.2) is 18.2 Å². The minimum Gasteiger partial charge on any atom is -0.481 e. The zero-order valence-electron chi connectivity index (χ0n) is 11.7. The number of aliphatic carboxylic acids is 1. The Bertz CT molecular complexity index is 548. The molecule has 0 saturated carbocycles. The summed E-state index contributed by atoms with van der Waals surface area (Å²) in [4.78, 5) is 24.6. The molecule has 0 aromatic heterocycles. The molecule has 0 spiro atoms. The molecule has 0 bridgehead atoms. The molecule has 1 amide bonds. The number of benzene rings is 1. The number of hydrogen-bond donors (Lipinski definition) is 2. The summed E-state index contributed by atoms with van der Waals surface area (Å²) >= 11 is 0. The van der Waals surface area contributed by atoms with Crippen LogP contribution in [0.5, 0.6) is 0 Å². The first-order valence-corrected chi connectivity index (χ1v) is 7.03. The van der Waals surface area contributed by atoms with Gasteiger partial charge >= 0.3 is 5.97 Å². The third kappa shape index (κ3) is 3.93. The smallest absolute Gasteiger partial charge is 0.303 e. The Morgan fingerprint density at radius 3 is 2.86 bits per heavy atom. The van der Waals surface area contributed by atoms with Gasteiger partial charge in [0.15, 0.2) is 0 Å². The predicted octanol–water partition coefficient (Wildman–Crippen LogP) is 2.12. The van der Waals surface area contributed by atoms with E-state index in [-0.39, 0.29) is 29.5 Å². The average molecular weight is 294 g/mol. The average Bonchev–Trinajstić information content (AvgIpc) is 2.45. The van der Waals surface area contributed by atoms with E-state index in [1.165, 1.54) is 12.1 Å². The van der Waals surface area contributed by atoms with Gasteiger partial charge in [-0.3, -0.25) is 9.59 Å². The van der Waals surface area contributed by atoms with Crippen molar-refractivity contribution in [1.82, 2.24) is 4.90 Å². The van der Waals surface area contributed by atoms with Crippen LogP contribution in [-0.4, -0.2) is 35.0 Å². The first-order valence-electron chi connectivity index (χ1n) is 7.03. The summed E-state index contributed by atoms with van der Waals surface area (Å²) in [5, 5.41) is 8.72. The first kappa shape index (κ1) is 15.3. The second kappa shape index (κ2) is 6.56. The Morgan fingerprint density at radius 1 is 1.43 bits per heavy atom. The van der Waals surface area contributed by atoms with Crippen molar-refractivity contribution >= 4 is 17.6 Å². The molecule has 2 rings (SSSR count). The van der Waals surface area contributed by atoms with Crippen molar-refractivity contribution in [1.29, 1.82) is 0 Å². The minimum absolute atomic E-state index is 0.0167. The Hall–Kier alpha value is -2.11. The van der Waals surface area contributed by atoms with Crippen LogP contribution in [0.4, 0.5) is 10.1 Å². The largest absolute Gasteiger partial charge is 0.481 e. The molecule has 1 aromatic carbocycles. The number of amides is 1. The lowest BCUT2D eigenvalue weighted by molar-refractivity contribution is -0.137. The SMILES string of the molecule is Nc1ccc(C(=O)N2CCCC(CCC(=O)O)C2)c(F)c1. The summed E-state index contributed by atoms with van der Waals surface area (Å²) in [5.41, 5.74) is 5.77. The molecule has 1 aromatic rings. The van der Waals surface area contributed by atoms with E-state index in [4.69, 9.17) is 10.8 Å². The van der Waals surface area contributed by atoms with E-state index in [9.17, 15) is 14.0 Å². The molecule has 0 radical (unpaired) electrons. The number of hydrogen-bond acceptors (Lipinski definition) is 3. The highest BCUT2D eigenvalue weighted by Crippen LogP contribution is 2.23. The van der Waals surface area contributed by atoms with Crippen LogP contribution >= 0.6 is 0 Å².